The molecule has 6 heteroatoms. The van der Waals surface area contributed by atoms with Crippen LogP contribution in [0.25, 0.3) is 0 Å². The first-order valence-electron chi connectivity index (χ1n) is 7.77. The first kappa shape index (κ1) is 14.3. The first-order valence-corrected chi connectivity index (χ1v) is 7.77. The zero-order valence-corrected chi connectivity index (χ0v) is 12.6. The van der Waals surface area contributed by atoms with Gasteiger partial charge < -0.3 is 9.09 Å². The Morgan fingerprint density at radius 1 is 1.33 bits per heavy atom. The number of hydrogen-bond donors (Lipinski definition) is 0. The summed E-state index contributed by atoms with van der Waals surface area (Å²) in [6, 6.07) is 0. The van der Waals surface area contributed by atoms with E-state index in [0.717, 1.165) is 43.8 Å². The second-order valence-electron chi connectivity index (χ2n) is 5.90. The van der Waals surface area contributed by atoms with Crippen molar-refractivity contribution >= 4 is 0 Å². The van der Waals surface area contributed by atoms with E-state index < -0.39 is 0 Å². The highest BCUT2D eigenvalue weighted by molar-refractivity contribution is 4.84. The van der Waals surface area contributed by atoms with Crippen molar-refractivity contribution in [3.8, 4) is 0 Å². The van der Waals surface area contributed by atoms with Gasteiger partial charge in [-0.15, -0.1) is 0 Å². The molecule has 21 heavy (non-hydrogen) atoms. The highest BCUT2D eigenvalue weighted by Gasteiger charge is 2.20. The molecule has 0 N–H and O–H groups in total. The number of hydrogen-bond acceptors (Lipinski definition) is 5. The lowest BCUT2D eigenvalue weighted by Gasteiger charge is -2.30. The smallest absolute Gasteiger partial charge is 0.240 e. The Morgan fingerprint density at radius 3 is 2.86 bits per heavy atom. The summed E-state index contributed by atoms with van der Waals surface area (Å²) < 4.78 is 7.35. The van der Waals surface area contributed by atoms with Crippen LogP contribution < -0.4 is 0 Å². The van der Waals surface area contributed by atoms with Gasteiger partial charge in [-0.2, -0.15) is 4.98 Å². The first-order chi connectivity index (χ1) is 10.3. The molecule has 0 radical (unpaired) electrons. The molecule has 0 aromatic carbocycles. The number of rotatable bonds is 6. The standard InChI is InChI=1S/C15H23N5O/c1-13-17-15(21-18-13)11-19-8-4-14(5-9-19)3-2-7-20-10-6-16-12-20/h6,10,12,14H,2-5,7-9,11H2,1H3. The van der Waals surface area contributed by atoms with Gasteiger partial charge in [0.05, 0.1) is 12.9 Å². The van der Waals surface area contributed by atoms with Gasteiger partial charge in [0.15, 0.2) is 5.82 Å². The zero-order chi connectivity index (χ0) is 14.5. The second-order valence-corrected chi connectivity index (χ2v) is 5.90. The van der Waals surface area contributed by atoms with Gasteiger partial charge in [0, 0.05) is 18.9 Å². The maximum Gasteiger partial charge on any atom is 0.240 e. The van der Waals surface area contributed by atoms with Crippen LogP contribution in [0.2, 0.25) is 0 Å². The van der Waals surface area contributed by atoms with Crippen LogP contribution in [-0.4, -0.2) is 37.7 Å². The Morgan fingerprint density at radius 2 is 2.19 bits per heavy atom. The molecule has 0 aliphatic carbocycles. The fraction of sp³-hybridized carbons (Fsp3) is 0.667. The summed E-state index contributed by atoms with van der Waals surface area (Å²) in [5.41, 5.74) is 0. The molecule has 6 nitrogen and oxygen atoms in total. The van der Waals surface area contributed by atoms with Crippen LogP contribution in [0.4, 0.5) is 0 Å². The van der Waals surface area contributed by atoms with Crippen molar-refractivity contribution in [3.05, 3.63) is 30.4 Å². The highest BCUT2D eigenvalue weighted by Crippen LogP contribution is 2.23. The molecule has 114 valence electrons. The van der Waals surface area contributed by atoms with Gasteiger partial charge in [-0.3, -0.25) is 4.90 Å². The van der Waals surface area contributed by atoms with Gasteiger partial charge in [0.2, 0.25) is 5.89 Å². The van der Waals surface area contributed by atoms with Crippen LogP contribution >= 0.6 is 0 Å². The van der Waals surface area contributed by atoms with Crippen LogP contribution in [-0.2, 0) is 13.1 Å². The van der Waals surface area contributed by atoms with Crippen LogP contribution in [0.5, 0.6) is 0 Å². The van der Waals surface area contributed by atoms with E-state index in [0.29, 0.717) is 0 Å². The second kappa shape index (κ2) is 6.85. The molecular formula is C15H23N5O. The summed E-state index contributed by atoms with van der Waals surface area (Å²) >= 11 is 0. The molecular weight excluding hydrogens is 266 g/mol. The van der Waals surface area contributed by atoms with Crippen molar-refractivity contribution in [2.24, 2.45) is 5.92 Å². The fourth-order valence-electron chi connectivity index (χ4n) is 3.01. The third-order valence-electron chi connectivity index (χ3n) is 4.22. The molecule has 0 amide bonds. The fourth-order valence-corrected chi connectivity index (χ4v) is 3.01. The van der Waals surface area contributed by atoms with Crippen molar-refractivity contribution < 1.29 is 4.52 Å². The Labute approximate surface area is 125 Å². The average Bonchev–Trinajstić information content (AvgIpc) is 3.13. The number of piperidine rings is 1. The predicted octanol–water partition coefficient (Wildman–Crippen LogP) is 2.27. The molecule has 3 heterocycles. The Kier molecular flexibility index (Phi) is 4.65. The van der Waals surface area contributed by atoms with Crippen molar-refractivity contribution in [1.29, 1.82) is 0 Å². The third-order valence-corrected chi connectivity index (χ3v) is 4.22. The van der Waals surface area contributed by atoms with Crippen LogP contribution in [0.3, 0.4) is 0 Å². The number of likely N-dealkylation sites (tertiary alicyclic amines) is 1. The van der Waals surface area contributed by atoms with E-state index in [1.54, 1.807) is 0 Å². The van der Waals surface area contributed by atoms with E-state index in [2.05, 4.69) is 24.6 Å². The van der Waals surface area contributed by atoms with Gasteiger partial charge in [0.25, 0.3) is 0 Å². The largest absolute Gasteiger partial charge is 0.338 e. The lowest BCUT2D eigenvalue weighted by atomic mass is 9.92. The molecule has 1 aliphatic heterocycles. The SMILES string of the molecule is Cc1noc(CN2CCC(CCCn3ccnc3)CC2)n1. The molecule has 3 rings (SSSR count). The minimum Gasteiger partial charge on any atom is -0.338 e. The van der Waals surface area contributed by atoms with Gasteiger partial charge in [-0.1, -0.05) is 5.16 Å². The number of aromatic nitrogens is 4. The van der Waals surface area contributed by atoms with E-state index in [1.165, 1.54) is 25.7 Å². The molecule has 0 saturated carbocycles. The van der Waals surface area contributed by atoms with Crippen LogP contribution in [0.15, 0.2) is 23.2 Å². The lowest BCUT2D eigenvalue weighted by molar-refractivity contribution is 0.153. The Hall–Kier alpha value is -1.69. The van der Waals surface area contributed by atoms with Crippen LogP contribution in [0, 0.1) is 12.8 Å². The topological polar surface area (TPSA) is 60.0 Å². The molecule has 0 bridgehead atoms. The highest BCUT2D eigenvalue weighted by atomic mass is 16.5. The summed E-state index contributed by atoms with van der Waals surface area (Å²) in [6.45, 7) is 6.01. The van der Waals surface area contributed by atoms with Gasteiger partial charge in [-0.25, -0.2) is 4.98 Å². The van der Waals surface area contributed by atoms with Crippen molar-refractivity contribution in [3.63, 3.8) is 0 Å². The Balaban J connectivity index is 1.35. The number of aryl methyl sites for hydroxylation is 2. The minimum absolute atomic E-state index is 0.722. The monoisotopic (exact) mass is 289 g/mol. The molecule has 2 aromatic rings. The molecule has 0 atom stereocenters. The number of imidazole rings is 1. The van der Waals surface area contributed by atoms with Crippen LogP contribution in [0.1, 0.15) is 37.4 Å². The molecule has 2 aromatic heterocycles. The van der Waals surface area contributed by atoms with Gasteiger partial charge >= 0.3 is 0 Å². The molecule has 1 aliphatic rings. The maximum absolute atomic E-state index is 5.19. The Bertz CT molecular complexity index is 528. The summed E-state index contributed by atoms with van der Waals surface area (Å²) in [7, 11) is 0. The minimum atomic E-state index is 0.722. The van der Waals surface area contributed by atoms with Crippen molar-refractivity contribution in [2.75, 3.05) is 13.1 Å². The summed E-state index contributed by atoms with van der Waals surface area (Å²) in [4.78, 5) is 10.8. The maximum atomic E-state index is 5.19. The average molecular weight is 289 g/mol. The summed E-state index contributed by atoms with van der Waals surface area (Å²) in [5.74, 6) is 2.32. The summed E-state index contributed by atoms with van der Waals surface area (Å²) in [6.07, 6.45) is 10.9. The molecule has 1 saturated heterocycles. The number of nitrogens with zero attached hydrogens (tertiary/aromatic N) is 5. The van der Waals surface area contributed by atoms with E-state index in [-0.39, 0.29) is 0 Å². The quantitative estimate of drug-likeness (QED) is 0.816. The van der Waals surface area contributed by atoms with Crippen molar-refractivity contribution in [1.82, 2.24) is 24.6 Å². The van der Waals surface area contributed by atoms with E-state index in [9.17, 15) is 0 Å². The lowest BCUT2D eigenvalue weighted by Crippen LogP contribution is -2.33. The van der Waals surface area contributed by atoms with E-state index in [4.69, 9.17) is 4.52 Å². The molecule has 0 spiro atoms. The van der Waals surface area contributed by atoms with Crippen molar-refractivity contribution in [2.45, 2.75) is 45.7 Å². The molecule has 0 unspecified atom stereocenters. The normalized spacial score (nSPS) is 17.4. The predicted molar refractivity (Wildman–Crippen MR) is 78.5 cm³/mol. The molecule has 1 fully saturated rings. The van der Waals surface area contributed by atoms with Gasteiger partial charge in [0.1, 0.15) is 0 Å². The third kappa shape index (κ3) is 4.14. The zero-order valence-electron chi connectivity index (χ0n) is 12.6. The van der Waals surface area contributed by atoms with E-state index >= 15 is 0 Å². The van der Waals surface area contributed by atoms with Gasteiger partial charge in [-0.05, 0) is 51.6 Å². The summed E-state index contributed by atoms with van der Waals surface area (Å²) in [5, 5.41) is 3.84. The van der Waals surface area contributed by atoms with E-state index in [1.807, 2.05) is 25.6 Å².